The number of benzene rings is 2. The first kappa shape index (κ1) is 20.4. The molecule has 2 N–H and O–H groups in total. The monoisotopic (exact) mass is 422 g/mol. The second-order valence-electron chi connectivity index (χ2n) is 7.15. The molecule has 4 rings (SSSR count). The summed E-state index contributed by atoms with van der Waals surface area (Å²) in [5.74, 6) is -0.885. The smallest absolute Gasteiger partial charge is 0.356 e. The lowest BCUT2D eigenvalue weighted by molar-refractivity contribution is -0.153. The molecule has 0 radical (unpaired) electrons. The van der Waals surface area contributed by atoms with Crippen molar-refractivity contribution in [1.82, 2.24) is 4.90 Å². The van der Waals surface area contributed by atoms with E-state index in [1.807, 2.05) is 60.7 Å². The van der Waals surface area contributed by atoms with Crippen LogP contribution in [0, 0.1) is 0 Å². The summed E-state index contributed by atoms with van der Waals surface area (Å²) in [6.07, 6.45) is -0.421. The van der Waals surface area contributed by atoms with Gasteiger partial charge in [0.2, 0.25) is 5.91 Å². The van der Waals surface area contributed by atoms with E-state index in [0.717, 1.165) is 11.1 Å². The van der Waals surface area contributed by atoms with E-state index in [1.54, 1.807) is 6.92 Å². The van der Waals surface area contributed by atoms with E-state index in [-0.39, 0.29) is 29.2 Å². The number of fused-ring (bicyclic) bond motifs is 1. The zero-order chi connectivity index (χ0) is 21.3. The number of amides is 1. The fourth-order valence-corrected chi connectivity index (χ4v) is 5.00. The summed E-state index contributed by atoms with van der Waals surface area (Å²) < 4.78 is 5.93. The predicted octanol–water partition coefficient (Wildman–Crippen LogP) is 2.79. The van der Waals surface area contributed by atoms with Gasteiger partial charge in [0, 0.05) is 17.7 Å². The Kier molecular flexibility index (Phi) is 5.74. The molecule has 0 aromatic heterocycles. The molecule has 0 spiro atoms. The average Bonchev–Trinajstić information content (AvgIpc) is 2.81. The maximum atomic E-state index is 13.4. The Labute approximate surface area is 179 Å². The molecule has 2 aromatic carbocycles. The molecule has 2 aliphatic rings. The number of Topliss-reactive ketones (excluding diaryl/α,β-unsaturated/α-hetero) is 1. The molecule has 1 unspecified atom stereocenters. The van der Waals surface area contributed by atoms with E-state index >= 15 is 0 Å². The van der Waals surface area contributed by atoms with E-state index in [2.05, 4.69) is 0 Å². The van der Waals surface area contributed by atoms with Crippen LogP contribution in [-0.2, 0) is 19.1 Å². The zero-order valence-electron chi connectivity index (χ0n) is 16.5. The van der Waals surface area contributed by atoms with Gasteiger partial charge in [-0.25, -0.2) is 4.79 Å². The lowest BCUT2D eigenvalue weighted by Crippen LogP contribution is -2.68. The summed E-state index contributed by atoms with van der Waals surface area (Å²) in [6, 6.07) is 18.1. The molecular formula is C23H22N2O4S. The number of nitrogens with two attached hydrogens (primary N) is 1. The molecule has 1 amide bonds. The van der Waals surface area contributed by atoms with Crippen LogP contribution in [0.15, 0.2) is 71.9 Å². The fourth-order valence-electron chi connectivity index (χ4n) is 3.68. The minimum atomic E-state index is -0.685. The quantitative estimate of drug-likeness (QED) is 0.569. The molecular weight excluding hydrogens is 400 g/mol. The van der Waals surface area contributed by atoms with Crippen LogP contribution in [0.25, 0.3) is 0 Å². The lowest BCUT2D eigenvalue weighted by atomic mass is 9.99. The van der Waals surface area contributed by atoms with Crippen LogP contribution in [-0.4, -0.2) is 39.7 Å². The van der Waals surface area contributed by atoms with Gasteiger partial charge in [-0.1, -0.05) is 67.6 Å². The van der Waals surface area contributed by atoms with Gasteiger partial charge in [0.15, 0.2) is 11.9 Å². The molecule has 2 atom stereocenters. The number of esters is 1. The average molecular weight is 423 g/mol. The van der Waals surface area contributed by atoms with Gasteiger partial charge in [-0.3, -0.25) is 14.5 Å². The Morgan fingerprint density at radius 3 is 2.20 bits per heavy atom. The maximum Gasteiger partial charge on any atom is 0.356 e. The third-order valence-electron chi connectivity index (χ3n) is 5.29. The highest BCUT2D eigenvalue weighted by Crippen LogP contribution is 2.41. The van der Waals surface area contributed by atoms with Crippen molar-refractivity contribution >= 4 is 29.4 Å². The van der Waals surface area contributed by atoms with Gasteiger partial charge in [-0.2, -0.15) is 0 Å². The normalized spacial score (nSPS) is 20.6. The molecule has 30 heavy (non-hydrogen) atoms. The third-order valence-corrected chi connectivity index (χ3v) is 6.59. The predicted molar refractivity (Wildman–Crippen MR) is 114 cm³/mol. The Hall–Kier alpha value is -2.90. The SMILES string of the molecule is CCC(=O)C1=C(C(=O)OC(c2ccccc2)c2ccccc2)N2C(=O)C(N)[C@@H]2SC1. The molecule has 154 valence electrons. The highest BCUT2D eigenvalue weighted by molar-refractivity contribution is 8.00. The first-order valence-electron chi connectivity index (χ1n) is 9.80. The van der Waals surface area contributed by atoms with Crippen LogP contribution in [0.2, 0.25) is 0 Å². The van der Waals surface area contributed by atoms with Crippen LogP contribution >= 0.6 is 11.8 Å². The summed E-state index contributed by atoms with van der Waals surface area (Å²) in [5, 5.41) is -0.347. The second-order valence-corrected chi connectivity index (χ2v) is 8.25. The molecule has 0 bridgehead atoms. The van der Waals surface area contributed by atoms with Crippen molar-refractivity contribution in [3.63, 3.8) is 0 Å². The minimum absolute atomic E-state index is 0.0363. The van der Waals surface area contributed by atoms with Gasteiger partial charge in [0.1, 0.15) is 17.1 Å². The number of ether oxygens (including phenoxy) is 1. The van der Waals surface area contributed by atoms with Gasteiger partial charge in [0.05, 0.1) is 0 Å². The maximum absolute atomic E-state index is 13.4. The summed E-state index contributed by atoms with van der Waals surface area (Å²) in [5.41, 5.74) is 7.86. The Balaban J connectivity index is 1.72. The van der Waals surface area contributed by atoms with Crippen molar-refractivity contribution in [3.8, 4) is 0 Å². The summed E-state index contributed by atoms with van der Waals surface area (Å²) in [6.45, 7) is 1.73. The standard InChI is InChI=1S/C23H22N2O4S/c1-2-17(26)16-13-30-22-18(24)21(27)25(22)19(16)23(28)29-20(14-9-5-3-6-10-14)15-11-7-4-8-12-15/h3-12,18,20,22H,2,13,24H2,1H3/t18?,22-/m0/s1. The van der Waals surface area contributed by atoms with Gasteiger partial charge in [-0.05, 0) is 11.1 Å². The van der Waals surface area contributed by atoms with Crippen LogP contribution in [0.1, 0.15) is 30.6 Å². The number of β-lactam (4-membered cyclic amide) rings is 1. The van der Waals surface area contributed by atoms with E-state index in [9.17, 15) is 14.4 Å². The second kappa shape index (κ2) is 8.45. The highest BCUT2D eigenvalue weighted by Gasteiger charge is 2.53. The Bertz CT molecular complexity index is 967. The molecule has 1 fully saturated rings. The number of hydrogen-bond donors (Lipinski definition) is 1. The van der Waals surface area contributed by atoms with Crippen molar-refractivity contribution < 1.29 is 19.1 Å². The third kappa shape index (κ3) is 3.55. The first-order valence-corrected chi connectivity index (χ1v) is 10.8. The minimum Gasteiger partial charge on any atom is -0.448 e. The topological polar surface area (TPSA) is 89.7 Å². The van der Waals surface area contributed by atoms with Crippen LogP contribution in [0.3, 0.4) is 0 Å². The number of carbonyl (C=O) groups excluding carboxylic acids is 3. The van der Waals surface area contributed by atoms with Crippen molar-refractivity contribution in [1.29, 1.82) is 0 Å². The van der Waals surface area contributed by atoms with Gasteiger partial charge in [-0.15, -0.1) is 11.8 Å². The molecule has 7 heteroatoms. The number of nitrogens with zero attached hydrogens (tertiary/aromatic N) is 1. The Morgan fingerprint density at radius 2 is 1.67 bits per heavy atom. The van der Waals surface area contributed by atoms with Crippen LogP contribution in [0.5, 0.6) is 0 Å². The number of thioether (sulfide) groups is 1. The Morgan fingerprint density at radius 1 is 1.10 bits per heavy atom. The van der Waals surface area contributed by atoms with E-state index in [4.69, 9.17) is 10.5 Å². The van der Waals surface area contributed by atoms with E-state index in [0.29, 0.717) is 11.3 Å². The van der Waals surface area contributed by atoms with Crippen LogP contribution in [0.4, 0.5) is 0 Å². The van der Waals surface area contributed by atoms with Crippen molar-refractivity contribution in [3.05, 3.63) is 83.1 Å². The number of rotatable bonds is 6. The first-order chi connectivity index (χ1) is 14.5. The zero-order valence-corrected chi connectivity index (χ0v) is 17.3. The number of carbonyl (C=O) groups is 3. The molecule has 1 saturated heterocycles. The van der Waals surface area contributed by atoms with Crippen molar-refractivity contribution in [2.45, 2.75) is 30.9 Å². The molecule has 6 nitrogen and oxygen atoms in total. The van der Waals surface area contributed by atoms with Gasteiger partial charge in [0.25, 0.3) is 0 Å². The van der Waals surface area contributed by atoms with Crippen molar-refractivity contribution in [2.24, 2.45) is 5.73 Å². The van der Waals surface area contributed by atoms with Crippen molar-refractivity contribution in [2.75, 3.05) is 5.75 Å². The van der Waals surface area contributed by atoms with Crippen LogP contribution < -0.4 is 5.73 Å². The summed E-state index contributed by atoms with van der Waals surface area (Å²) in [7, 11) is 0. The number of ketones is 1. The molecule has 2 heterocycles. The summed E-state index contributed by atoms with van der Waals surface area (Å²) >= 11 is 1.40. The fraction of sp³-hybridized carbons (Fsp3) is 0.261. The number of hydrogen-bond acceptors (Lipinski definition) is 6. The van der Waals surface area contributed by atoms with E-state index < -0.39 is 18.1 Å². The van der Waals surface area contributed by atoms with E-state index in [1.165, 1.54) is 16.7 Å². The molecule has 0 aliphatic carbocycles. The van der Waals surface area contributed by atoms with Gasteiger partial charge >= 0.3 is 5.97 Å². The largest absolute Gasteiger partial charge is 0.448 e. The molecule has 2 aromatic rings. The highest BCUT2D eigenvalue weighted by atomic mass is 32.2. The molecule has 0 saturated carbocycles. The lowest BCUT2D eigenvalue weighted by Gasteiger charge is -2.48. The summed E-state index contributed by atoms with van der Waals surface area (Å²) in [4.78, 5) is 39.6. The molecule has 2 aliphatic heterocycles. The van der Waals surface area contributed by atoms with Gasteiger partial charge < -0.3 is 10.5 Å².